The van der Waals surface area contributed by atoms with Gasteiger partial charge in [0.25, 0.3) is 0 Å². The average Bonchev–Trinajstić information content (AvgIpc) is 2.72. The highest BCUT2D eigenvalue weighted by molar-refractivity contribution is 5.69. The summed E-state index contributed by atoms with van der Waals surface area (Å²) in [4.78, 5) is 14.0. The van der Waals surface area contributed by atoms with Crippen molar-refractivity contribution >= 4 is 6.09 Å². The minimum atomic E-state index is -0.432. The molecule has 1 fully saturated rings. The van der Waals surface area contributed by atoms with E-state index in [9.17, 15) is 4.79 Å². The number of hydrogen-bond donors (Lipinski definition) is 1. The van der Waals surface area contributed by atoms with Crippen molar-refractivity contribution in [3.05, 3.63) is 0 Å². The van der Waals surface area contributed by atoms with Gasteiger partial charge in [-0.05, 0) is 52.4 Å². The number of amides is 1. The Morgan fingerprint density at radius 3 is 2.72 bits per heavy atom. The van der Waals surface area contributed by atoms with Crippen molar-refractivity contribution in [3.63, 3.8) is 0 Å². The largest absolute Gasteiger partial charge is 0.444 e. The minimum Gasteiger partial charge on any atom is -0.444 e. The van der Waals surface area contributed by atoms with Gasteiger partial charge in [0.1, 0.15) is 5.60 Å². The first-order valence-electron chi connectivity index (χ1n) is 6.95. The van der Waals surface area contributed by atoms with E-state index in [1.807, 2.05) is 25.7 Å². The van der Waals surface area contributed by atoms with Crippen LogP contribution in [-0.4, -0.2) is 40.9 Å². The van der Waals surface area contributed by atoms with E-state index in [-0.39, 0.29) is 18.7 Å². The van der Waals surface area contributed by atoms with Gasteiger partial charge >= 0.3 is 6.09 Å². The summed E-state index contributed by atoms with van der Waals surface area (Å²) in [6.07, 6.45) is 3.67. The summed E-state index contributed by atoms with van der Waals surface area (Å²) >= 11 is 0. The molecule has 1 heterocycles. The van der Waals surface area contributed by atoms with Gasteiger partial charge in [0.2, 0.25) is 0 Å². The van der Waals surface area contributed by atoms with Gasteiger partial charge in [0.05, 0.1) is 0 Å². The van der Waals surface area contributed by atoms with Gasteiger partial charge in [-0.15, -0.1) is 0 Å². The molecular formula is C14H27NO3. The van der Waals surface area contributed by atoms with Gasteiger partial charge in [0, 0.05) is 19.2 Å². The maximum atomic E-state index is 12.1. The minimum absolute atomic E-state index is 0.194. The van der Waals surface area contributed by atoms with Crippen LogP contribution in [0.15, 0.2) is 0 Å². The Hall–Kier alpha value is -0.770. The highest BCUT2D eigenvalue weighted by Gasteiger charge is 2.34. The topological polar surface area (TPSA) is 49.8 Å². The number of aliphatic hydroxyl groups is 1. The third-order valence-corrected chi connectivity index (χ3v) is 3.40. The van der Waals surface area contributed by atoms with E-state index >= 15 is 0 Å². The Morgan fingerprint density at radius 2 is 2.17 bits per heavy atom. The van der Waals surface area contributed by atoms with Gasteiger partial charge in [0.15, 0.2) is 0 Å². The smallest absolute Gasteiger partial charge is 0.410 e. The molecule has 1 amide bonds. The molecule has 0 aromatic heterocycles. The van der Waals surface area contributed by atoms with E-state index in [2.05, 4.69) is 6.92 Å². The number of rotatable bonds is 4. The van der Waals surface area contributed by atoms with Crippen LogP contribution in [0, 0.1) is 5.92 Å². The Labute approximate surface area is 110 Å². The monoisotopic (exact) mass is 257 g/mol. The lowest BCUT2D eigenvalue weighted by molar-refractivity contribution is 0.0178. The van der Waals surface area contributed by atoms with Crippen LogP contribution in [0.25, 0.3) is 0 Å². The molecule has 1 N–H and O–H groups in total. The second-order valence-electron chi connectivity index (χ2n) is 6.23. The van der Waals surface area contributed by atoms with Crippen LogP contribution >= 0.6 is 0 Å². The standard InChI is InChI=1S/C14H27NO3/c1-11(7-6-10-16)12-8-5-9-15(12)13(17)18-14(2,3)4/h11-12,16H,5-10H2,1-4H3. The summed E-state index contributed by atoms with van der Waals surface area (Å²) in [5.74, 6) is 0.423. The fraction of sp³-hybridized carbons (Fsp3) is 0.929. The van der Waals surface area contributed by atoms with E-state index in [0.717, 1.165) is 32.2 Å². The summed E-state index contributed by atoms with van der Waals surface area (Å²) < 4.78 is 5.44. The summed E-state index contributed by atoms with van der Waals surface area (Å²) in [6.45, 7) is 8.86. The van der Waals surface area contributed by atoms with Crippen LogP contribution in [0.3, 0.4) is 0 Å². The first-order chi connectivity index (χ1) is 8.35. The van der Waals surface area contributed by atoms with Crippen LogP contribution in [0.2, 0.25) is 0 Å². The van der Waals surface area contributed by atoms with Crippen LogP contribution in [-0.2, 0) is 4.74 Å². The second kappa shape index (κ2) is 6.41. The molecule has 2 unspecified atom stereocenters. The molecule has 1 saturated heterocycles. The number of carbonyl (C=O) groups is 1. The zero-order valence-corrected chi connectivity index (χ0v) is 12.1. The number of carbonyl (C=O) groups excluding carboxylic acids is 1. The Bertz CT molecular complexity index is 273. The first kappa shape index (κ1) is 15.3. The Kier molecular flexibility index (Phi) is 5.45. The highest BCUT2D eigenvalue weighted by Crippen LogP contribution is 2.28. The summed E-state index contributed by atoms with van der Waals surface area (Å²) in [7, 11) is 0. The van der Waals surface area contributed by atoms with Gasteiger partial charge in [-0.25, -0.2) is 4.79 Å². The van der Waals surface area contributed by atoms with Gasteiger partial charge in [-0.1, -0.05) is 6.92 Å². The molecule has 0 aromatic rings. The zero-order valence-electron chi connectivity index (χ0n) is 12.1. The third kappa shape index (κ3) is 4.48. The van der Waals surface area contributed by atoms with Crippen molar-refractivity contribution in [1.29, 1.82) is 0 Å². The predicted molar refractivity (Wildman–Crippen MR) is 71.4 cm³/mol. The van der Waals surface area contributed by atoms with Crippen LogP contribution in [0.4, 0.5) is 4.79 Å². The van der Waals surface area contributed by atoms with Crippen LogP contribution in [0.1, 0.15) is 53.4 Å². The summed E-state index contributed by atoms with van der Waals surface area (Å²) in [5, 5.41) is 8.88. The molecular weight excluding hydrogens is 230 g/mol. The van der Waals surface area contributed by atoms with Gasteiger partial charge in [-0.2, -0.15) is 0 Å². The van der Waals surface area contributed by atoms with Crippen molar-refractivity contribution < 1.29 is 14.6 Å². The van der Waals surface area contributed by atoms with Crippen LogP contribution < -0.4 is 0 Å². The van der Waals surface area contributed by atoms with Crippen molar-refractivity contribution in [2.45, 2.75) is 65.0 Å². The zero-order chi connectivity index (χ0) is 13.8. The molecule has 106 valence electrons. The van der Waals surface area contributed by atoms with E-state index in [1.165, 1.54) is 0 Å². The number of likely N-dealkylation sites (tertiary alicyclic amines) is 1. The van der Waals surface area contributed by atoms with Crippen molar-refractivity contribution in [1.82, 2.24) is 4.90 Å². The molecule has 0 bridgehead atoms. The number of hydrogen-bond acceptors (Lipinski definition) is 3. The van der Waals surface area contributed by atoms with E-state index in [1.54, 1.807) is 0 Å². The summed E-state index contributed by atoms with van der Waals surface area (Å²) in [6, 6.07) is 0.270. The predicted octanol–water partition coefficient (Wildman–Crippen LogP) is 2.79. The second-order valence-corrected chi connectivity index (χ2v) is 6.23. The number of aliphatic hydroxyl groups excluding tert-OH is 1. The molecule has 4 heteroatoms. The lowest BCUT2D eigenvalue weighted by atomic mass is 9.95. The molecule has 0 spiro atoms. The maximum Gasteiger partial charge on any atom is 0.410 e. The highest BCUT2D eigenvalue weighted by atomic mass is 16.6. The SMILES string of the molecule is CC(CCCO)C1CCCN1C(=O)OC(C)(C)C. The molecule has 1 aliphatic rings. The lowest BCUT2D eigenvalue weighted by Crippen LogP contribution is -2.42. The van der Waals surface area contributed by atoms with E-state index < -0.39 is 5.60 Å². The van der Waals surface area contributed by atoms with Gasteiger partial charge in [-0.3, -0.25) is 0 Å². The number of ether oxygens (including phenoxy) is 1. The van der Waals surface area contributed by atoms with E-state index in [0.29, 0.717) is 5.92 Å². The molecule has 18 heavy (non-hydrogen) atoms. The molecule has 1 rings (SSSR count). The van der Waals surface area contributed by atoms with Crippen molar-refractivity contribution in [2.24, 2.45) is 5.92 Å². The molecule has 0 aromatic carbocycles. The third-order valence-electron chi connectivity index (χ3n) is 3.40. The average molecular weight is 257 g/mol. The van der Waals surface area contributed by atoms with E-state index in [4.69, 9.17) is 9.84 Å². The molecule has 2 atom stereocenters. The van der Waals surface area contributed by atoms with Crippen molar-refractivity contribution in [2.75, 3.05) is 13.2 Å². The fourth-order valence-electron chi connectivity index (χ4n) is 2.54. The quantitative estimate of drug-likeness (QED) is 0.842. The Morgan fingerprint density at radius 1 is 1.50 bits per heavy atom. The Balaban J connectivity index is 2.56. The molecule has 0 radical (unpaired) electrons. The van der Waals surface area contributed by atoms with Gasteiger partial charge < -0.3 is 14.7 Å². The molecule has 1 aliphatic heterocycles. The van der Waals surface area contributed by atoms with Crippen molar-refractivity contribution in [3.8, 4) is 0 Å². The number of nitrogens with zero attached hydrogens (tertiary/aromatic N) is 1. The molecule has 0 saturated carbocycles. The maximum absolute atomic E-state index is 12.1. The fourth-order valence-corrected chi connectivity index (χ4v) is 2.54. The summed E-state index contributed by atoms with van der Waals surface area (Å²) in [5.41, 5.74) is -0.432. The lowest BCUT2D eigenvalue weighted by Gasteiger charge is -2.31. The molecule has 4 nitrogen and oxygen atoms in total. The normalized spacial score (nSPS) is 22.1. The van der Waals surface area contributed by atoms with Crippen LogP contribution in [0.5, 0.6) is 0 Å². The first-order valence-corrected chi connectivity index (χ1v) is 6.95. The molecule has 0 aliphatic carbocycles.